The van der Waals surface area contributed by atoms with E-state index in [9.17, 15) is 13.2 Å². The molecule has 29 heavy (non-hydrogen) atoms. The summed E-state index contributed by atoms with van der Waals surface area (Å²) in [5, 5.41) is 7.53. The number of piperidine rings is 1. The van der Waals surface area contributed by atoms with Crippen molar-refractivity contribution in [2.45, 2.75) is 23.6 Å². The summed E-state index contributed by atoms with van der Waals surface area (Å²) in [6, 6.07) is 13.2. The van der Waals surface area contributed by atoms with Crippen LogP contribution in [0.2, 0.25) is 0 Å². The first-order valence-electron chi connectivity index (χ1n) is 9.35. The van der Waals surface area contributed by atoms with Gasteiger partial charge in [-0.1, -0.05) is 36.4 Å². The van der Waals surface area contributed by atoms with Gasteiger partial charge in [0.2, 0.25) is 5.91 Å². The molecule has 0 spiro atoms. The number of nitrogens with one attached hydrogen (secondary N) is 1. The second-order valence-electron chi connectivity index (χ2n) is 6.86. The van der Waals surface area contributed by atoms with Crippen LogP contribution in [0.3, 0.4) is 0 Å². The molecule has 1 aromatic carbocycles. The van der Waals surface area contributed by atoms with E-state index in [4.69, 9.17) is 0 Å². The van der Waals surface area contributed by atoms with E-state index >= 15 is 0 Å². The molecule has 9 heteroatoms. The molecule has 3 aromatic rings. The molecule has 6 nitrogen and oxygen atoms in total. The van der Waals surface area contributed by atoms with Gasteiger partial charge in [-0.05, 0) is 24.3 Å². The van der Waals surface area contributed by atoms with Crippen molar-refractivity contribution in [3.05, 3.63) is 58.9 Å². The summed E-state index contributed by atoms with van der Waals surface area (Å²) in [7, 11) is -3.52. The number of carbonyl (C=O) groups is 1. The van der Waals surface area contributed by atoms with Crippen LogP contribution < -0.4 is 5.32 Å². The normalized spacial score (nSPS) is 17.9. The molecule has 2 aromatic heterocycles. The van der Waals surface area contributed by atoms with Crippen molar-refractivity contribution in [1.29, 1.82) is 0 Å². The SMILES string of the molecule is O=C(NCc1csc(-c2ccccc2)n1)C1CCCN(S(=O)(=O)c2cccs2)C1. The summed E-state index contributed by atoms with van der Waals surface area (Å²) in [5.74, 6) is -0.462. The number of rotatable bonds is 6. The molecule has 4 rings (SSSR count). The van der Waals surface area contributed by atoms with Gasteiger partial charge in [-0.15, -0.1) is 22.7 Å². The number of aromatic nitrogens is 1. The first kappa shape index (κ1) is 20.2. The van der Waals surface area contributed by atoms with Crippen molar-refractivity contribution in [2.75, 3.05) is 13.1 Å². The Morgan fingerprint density at radius 1 is 1.17 bits per heavy atom. The lowest BCUT2D eigenvalue weighted by molar-refractivity contribution is -0.126. The number of hydrogen-bond acceptors (Lipinski definition) is 6. The Kier molecular flexibility index (Phi) is 6.09. The molecular formula is C20H21N3O3S3. The Bertz CT molecular complexity index is 1060. The topological polar surface area (TPSA) is 79.4 Å². The average Bonchev–Trinajstić information content (AvgIpc) is 3.45. The minimum Gasteiger partial charge on any atom is -0.350 e. The largest absolute Gasteiger partial charge is 0.350 e. The summed E-state index contributed by atoms with van der Waals surface area (Å²) in [6.45, 7) is 1.02. The van der Waals surface area contributed by atoms with Gasteiger partial charge in [-0.2, -0.15) is 4.31 Å². The summed E-state index contributed by atoms with van der Waals surface area (Å²) >= 11 is 2.75. The lowest BCUT2D eigenvalue weighted by atomic mass is 9.99. The van der Waals surface area contributed by atoms with Crippen LogP contribution in [-0.2, 0) is 21.4 Å². The molecular weight excluding hydrogens is 426 g/mol. The third-order valence-electron chi connectivity index (χ3n) is 4.86. The van der Waals surface area contributed by atoms with Crippen LogP contribution in [0.5, 0.6) is 0 Å². The van der Waals surface area contributed by atoms with E-state index in [-0.39, 0.29) is 18.4 Å². The van der Waals surface area contributed by atoms with Crippen LogP contribution in [0, 0.1) is 5.92 Å². The predicted molar refractivity (Wildman–Crippen MR) is 115 cm³/mol. The molecule has 152 valence electrons. The van der Waals surface area contributed by atoms with Gasteiger partial charge < -0.3 is 5.32 Å². The number of amides is 1. The van der Waals surface area contributed by atoms with E-state index in [2.05, 4.69) is 10.3 Å². The van der Waals surface area contributed by atoms with Crippen LogP contribution >= 0.6 is 22.7 Å². The zero-order valence-electron chi connectivity index (χ0n) is 15.7. The van der Waals surface area contributed by atoms with Crippen molar-refractivity contribution < 1.29 is 13.2 Å². The highest BCUT2D eigenvalue weighted by molar-refractivity contribution is 7.91. The minimum atomic E-state index is -3.52. The maximum atomic E-state index is 12.7. The predicted octanol–water partition coefficient (Wildman–Crippen LogP) is 3.59. The van der Waals surface area contributed by atoms with Gasteiger partial charge in [0.25, 0.3) is 10.0 Å². The number of hydrogen-bond donors (Lipinski definition) is 1. The van der Waals surface area contributed by atoms with E-state index in [1.165, 1.54) is 15.6 Å². The van der Waals surface area contributed by atoms with Crippen molar-refractivity contribution >= 4 is 38.6 Å². The third-order valence-corrected chi connectivity index (χ3v) is 9.04. The fourth-order valence-corrected chi connectivity index (χ4v) is 6.83. The van der Waals surface area contributed by atoms with Crippen LogP contribution in [-0.4, -0.2) is 36.7 Å². The summed E-state index contributed by atoms with van der Waals surface area (Å²) < 4.78 is 27.2. The van der Waals surface area contributed by atoms with Gasteiger partial charge in [-0.3, -0.25) is 4.79 Å². The van der Waals surface area contributed by atoms with Crippen molar-refractivity contribution in [3.8, 4) is 10.6 Å². The van der Waals surface area contributed by atoms with E-state index < -0.39 is 10.0 Å². The monoisotopic (exact) mass is 447 g/mol. The maximum Gasteiger partial charge on any atom is 0.252 e. The van der Waals surface area contributed by atoms with Gasteiger partial charge in [0.1, 0.15) is 9.22 Å². The van der Waals surface area contributed by atoms with Gasteiger partial charge >= 0.3 is 0 Å². The molecule has 1 fully saturated rings. The number of thiophene rings is 1. The maximum absolute atomic E-state index is 12.7. The molecule has 0 radical (unpaired) electrons. The standard InChI is InChI=1S/C20H21N3O3S3/c24-19(21-12-17-14-28-20(22-17)15-6-2-1-3-7-15)16-8-4-10-23(13-16)29(25,26)18-9-5-11-27-18/h1-3,5-7,9,11,14,16H,4,8,10,12-13H2,(H,21,24). The van der Waals surface area contributed by atoms with E-state index in [0.29, 0.717) is 30.1 Å². The summed E-state index contributed by atoms with van der Waals surface area (Å²) in [6.07, 6.45) is 1.37. The quantitative estimate of drug-likeness (QED) is 0.626. The molecule has 1 amide bonds. The summed E-state index contributed by atoms with van der Waals surface area (Å²) in [4.78, 5) is 17.2. The van der Waals surface area contributed by atoms with Gasteiger partial charge in [0, 0.05) is 24.0 Å². The molecule has 1 saturated heterocycles. The Morgan fingerprint density at radius 2 is 2.00 bits per heavy atom. The average molecular weight is 448 g/mol. The van der Waals surface area contributed by atoms with E-state index in [1.54, 1.807) is 28.8 Å². The van der Waals surface area contributed by atoms with Crippen LogP contribution in [0.4, 0.5) is 0 Å². The second-order valence-corrected chi connectivity index (χ2v) is 10.8. The third kappa shape index (κ3) is 4.58. The molecule has 0 saturated carbocycles. The smallest absolute Gasteiger partial charge is 0.252 e. The van der Waals surface area contributed by atoms with Crippen LogP contribution in [0.15, 0.2) is 57.4 Å². The zero-order chi connectivity index (χ0) is 20.3. The fourth-order valence-electron chi connectivity index (χ4n) is 3.34. The zero-order valence-corrected chi connectivity index (χ0v) is 18.1. The molecule has 0 bridgehead atoms. The van der Waals surface area contributed by atoms with Crippen molar-refractivity contribution in [1.82, 2.24) is 14.6 Å². The molecule has 1 N–H and O–H groups in total. The van der Waals surface area contributed by atoms with Crippen LogP contribution in [0.25, 0.3) is 10.6 Å². The number of sulfonamides is 1. The fraction of sp³-hybridized carbons (Fsp3) is 0.300. The van der Waals surface area contributed by atoms with E-state index in [1.807, 2.05) is 35.7 Å². The Hall–Kier alpha value is -2.07. The second kappa shape index (κ2) is 8.74. The number of benzene rings is 1. The van der Waals surface area contributed by atoms with Gasteiger partial charge in [0.05, 0.1) is 18.2 Å². The van der Waals surface area contributed by atoms with Crippen LogP contribution in [0.1, 0.15) is 18.5 Å². The Morgan fingerprint density at radius 3 is 2.76 bits per heavy atom. The minimum absolute atomic E-state index is 0.120. The molecule has 3 heterocycles. The van der Waals surface area contributed by atoms with Gasteiger partial charge in [-0.25, -0.2) is 13.4 Å². The highest BCUT2D eigenvalue weighted by atomic mass is 32.2. The van der Waals surface area contributed by atoms with Gasteiger partial charge in [0.15, 0.2) is 0 Å². The van der Waals surface area contributed by atoms with E-state index in [0.717, 1.165) is 16.3 Å². The Labute approximate surface area is 178 Å². The lowest BCUT2D eigenvalue weighted by Crippen LogP contribution is -2.45. The molecule has 1 aliphatic rings. The molecule has 1 unspecified atom stereocenters. The molecule has 1 atom stereocenters. The number of thiazole rings is 1. The highest BCUT2D eigenvalue weighted by Crippen LogP contribution is 2.27. The molecule has 1 aliphatic heterocycles. The molecule has 0 aliphatic carbocycles. The van der Waals surface area contributed by atoms with Crippen molar-refractivity contribution in [3.63, 3.8) is 0 Å². The first-order chi connectivity index (χ1) is 14.0. The highest BCUT2D eigenvalue weighted by Gasteiger charge is 2.33. The Balaban J connectivity index is 1.36. The summed E-state index contributed by atoms with van der Waals surface area (Å²) in [5.41, 5.74) is 1.86. The lowest BCUT2D eigenvalue weighted by Gasteiger charge is -2.30. The first-order valence-corrected chi connectivity index (χ1v) is 12.5. The van der Waals surface area contributed by atoms with Crippen molar-refractivity contribution in [2.24, 2.45) is 5.92 Å². The number of carbonyl (C=O) groups excluding carboxylic acids is 1. The number of nitrogens with zero attached hydrogens (tertiary/aromatic N) is 2.